The zero-order valence-electron chi connectivity index (χ0n) is 10.7. The molecule has 0 radical (unpaired) electrons. The molecule has 0 aromatic rings. The molecule has 0 unspecified atom stereocenters. The van der Waals surface area contributed by atoms with Crippen LogP contribution in [0.1, 0.15) is 32.1 Å². The standard InChI is InChI=1S/C11H21NO5S/c1-17-8-7-12(9-11(13)14)18(15,16)10-5-3-2-4-6-10/h10H,2-9H2,1H3,(H,13,14). The number of hydrogen-bond donors (Lipinski definition) is 1. The molecular weight excluding hydrogens is 258 g/mol. The van der Waals surface area contributed by atoms with Crippen LogP contribution in [0, 0.1) is 0 Å². The lowest BCUT2D eigenvalue weighted by Crippen LogP contribution is -2.43. The van der Waals surface area contributed by atoms with Gasteiger partial charge in [-0.2, -0.15) is 4.31 Å². The summed E-state index contributed by atoms with van der Waals surface area (Å²) in [5.41, 5.74) is 0. The Balaban J connectivity index is 2.76. The zero-order valence-corrected chi connectivity index (χ0v) is 11.5. The number of nitrogens with zero attached hydrogens (tertiary/aromatic N) is 1. The van der Waals surface area contributed by atoms with Crippen LogP contribution in [0.2, 0.25) is 0 Å². The first-order chi connectivity index (χ1) is 8.48. The zero-order chi connectivity index (χ0) is 13.6. The number of methoxy groups -OCH3 is 1. The summed E-state index contributed by atoms with van der Waals surface area (Å²) in [6.45, 7) is -0.178. The molecule has 0 atom stereocenters. The van der Waals surface area contributed by atoms with Gasteiger partial charge in [-0.05, 0) is 12.8 Å². The average Bonchev–Trinajstić information content (AvgIpc) is 2.35. The lowest BCUT2D eigenvalue weighted by molar-refractivity contribution is -0.137. The minimum Gasteiger partial charge on any atom is -0.480 e. The Morgan fingerprint density at radius 1 is 1.33 bits per heavy atom. The third kappa shape index (κ3) is 4.22. The van der Waals surface area contributed by atoms with Crippen LogP contribution in [0.5, 0.6) is 0 Å². The van der Waals surface area contributed by atoms with Gasteiger partial charge in [-0.25, -0.2) is 8.42 Å². The Labute approximate surface area is 108 Å². The number of carbonyl (C=O) groups is 1. The van der Waals surface area contributed by atoms with Crippen molar-refractivity contribution in [3.05, 3.63) is 0 Å². The molecule has 0 aromatic heterocycles. The molecule has 106 valence electrons. The molecule has 1 rings (SSSR count). The van der Waals surface area contributed by atoms with E-state index in [0.717, 1.165) is 23.6 Å². The normalized spacial score (nSPS) is 18.1. The summed E-state index contributed by atoms with van der Waals surface area (Å²) in [5.74, 6) is -1.13. The Bertz CT molecular complexity index is 362. The molecule has 18 heavy (non-hydrogen) atoms. The SMILES string of the molecule is COCCN(CC(=O)O)S(=O)(=O)C1CCCCC1. The quantitative estimate of drug-likeness (QED) is 0.741. The van der Waals surface area contributed by atoms with Crippen molar-refractivity contribution in [1.29, 1.82) is 0 Å². The molecular formula is C11H21NO5S. The highest BCUT2D eigenvalue weighted by Crippen LogP contribution is 2.25. The minimum absolute atomic E-state index is 0.0988. The van der Waals surface area contributed by atoms with E-state index in [9.17, 15) is 13.2 Å². The molecule has 1 fully saturated rings. The first-order valence-corrected chi connectivity index (χ1v) is 7.68. The van der Waals surface area contributed by atoms with Crippen molar-refractivity contribution in [3.8, 4) is 0 Å². The van der Waals surface area contributed by atoms with E-state index >= 15 is 0 Å². The van der Waals surface area contributed by atoms with E-state index in [2.05, 4.69) is 0 Å². The molecule has 0 heterocycles. The van der Waals surface area contributed by atoms with Gasteiger partial charge in [0.15, 0.2) is 0 Å². The maximum absolute atomic E-state index is 12.3. The molecule has 6 nitrogen and oxygen atoms in total. The highest BCUT2D eigenvalue weighted by molar-refractivity contribution is 7.89. The van der Waals surface area contributed by atoms with E-state index in [1.54, 1.807) is 0 Å². The van der Waals surface area contributed by atoms with Gasteiger partial charge < -0.3 is 9.84 Å². The first kappa shape index (κ1) is 15.4. The van der Waals surface area contributed by atoms with Crippen molar-refractivity contribution in [2.24, 2.45) is 0 Å². The number of carboxylic acids is 1. The predicted octanol–water partition coefficient (Wildman–Crippen LogP) is 0.682. The van der Waals surface area contributed by atoms with Crippen LogP contribution in [0.15, 0.2) is 0 Å². The van der Waals surface area contributed by atoms with E-state index in [4.69, 9.17) is 9.84 Å². The lowest BCUT2D eigenvalue weighted by atomic mass is 10.0. The topological polar surface area (TPSA) is 83.9 Å². The maximum atomic E-state index is 12.3. The van der Waals surface area contributed by atoms with Gasteiger partial charge in [0.1, 0.15) is 6.54 Å². The fraction of sp³-hybridized carbons (Fsp3) is 0.909. The molecule has 1 aliphatic carbocycles. The number of hydrogen-bond acceptors (Lipinski definition) is 4. The molecule has 0 spiro atoms. The Morgan fingerprint density at radius 3 is 2.44 bits per heavy atom. The van der Waals surface area contributed by atoms with Crippen molar-refractivity contribution >= 4 is 16.0 Å². The Hall–Kier alpha value is -0.660. The maximum Gasteiger partial charge on any atom is 0.318 e. The van der Waals surface area contributed by atoms with Gasteiger partial charge in [0.25, 0.3) is 0 Å². The highest BCUT2D eigenvalue weighted by Gasteiger charge is 2.33. The smallest absolute Gasteiger partial charge is 0.318 e. The van der Waals surface area contributed by atoms with E-state index in [1.807, 2.05) is 0 Å². The van der Waals surface area contributed by atoms with Gasteiger partial charge in [0.05, 0.1) is 11.9 Å². The summed E-state index contributed by atoms with van der Waals surface area (Å²) in [6, 6.07) is 0. The van der Waals surface area contributed by atoms with Crippen molar-refractivity contribution in [2.45, 2.75) is 37.4 Å². The molecule has 0 aliphatic heterocycles. The number of carboxylic acid groups (broad SMARTS) is 1. The van der Waals surface area contributed by atoms with Gasteiger partial charge in [-0.15, -0.1) is 0 Å². The summed E-state index contributed by atoms with van der Waals surface area (Å²) in [6.07, 6.45) is 4.12. The molecule has 7 heteroatoms. The van der Waals surface area contributed by atoms with Crippen molar-refractivity contribution in [1.82, 2.24) is 4.31 Å². The van der Waals surface area contributed by atoms with Gasteiger partial charge in [-0.1, -0.05) is 19.3 Å². The fourth-order valence-electron chi connectivity index (χ4n) is 2.21. The average molecular weight is 279 g/mol. The molecule has 0 aromatic carbocycles. The van der Waals surface area contributed by atoms with Crippen LogP contribution in [0.25, 0.3) is 0 Å². The minimum atomic E-state index is -3.52. The van der Waals surface area contributed by atoms with Crippen molar-refractivity contribution < 1.29 is 23.1 Å². The number of sulfonamides is 1. The third-order valence-corrected chi connectivity index (χ3v) is 5.54. The van der Waals surface area contributed by atoms with Crippen LogP contribution in [-0.4, -0.2) is 55.9 Å². The van der Waals surface area contributed by atoms with Gasteiger partial charge in [-0.3, -0.25) is 4.79 Å². The second-order valence-corrected chi connectivity index (χ2v) is 6.74. The van der Waals surface area contributed by atoms with Crippen LogP contribution in [-0.2, 0) is 19.6 Å². The number of ether oxygens (including phenoxy) is 1. The predicted molar refractivity (Wildman–Crippen MR) is 66.9 cm³/mol. The van der Waals surface area contributed by atoms with E-state index in [-0.39, 0.29) is 13.2 Å². The van der Waals surface area contributed by atoms with E-state index in [0.29, 0.717) is 12.8 Å². The van der Waals surface area contributed by atoms with Crippen LogP contribution >= 0.6 is 0 Å². The summed E-state index contributed by atoms with van der Waals surface area (Å²) in [5, 5.41) is 8.37. The van der Waals surface area contributed by atoms with Crippen LogP contribution in [0.4, 0.5) is 0 Å². The molecule has 1 saturated carbocycles. The Morgan fingerprint density at radius 2 is 1.94 bits per heavy atom. The summed E-state index contributed by atoms with van der Waals surface area (Å²) in [7, 11) is -2.05. The van der Waals surface area contributed by atoms with Gasteiger partial charge in [0, 0.05) is 13.7 Å². The van der Waals surface area contributed by atoms with Gasteiger partial charge in [0.2, 0.25) is 10.0 Å². The second kappa shape index (κ2) is 7.06. The lowest BCUT2D eigenvalue weighted by Gasteiger charge is -2.28. The first-order valence-electron chi connectivity index (χ1n) is 6.18. The second-order valence-electron chi connectivity index (χ2n) is 4.53. The van der Waals surface area contributed by atoms with Crippen molar-refractivity contribution in [3.63, 3.8) is 0 Å². The molecule has 1 aliphatic rings. The van der Waals surface area contributed by atoms with Crippen LogP contribution in [0.3, 0.4) is 0 Å². The summed E-state index contributed by atoms with van der Waals surface area (Å²) in [4.78, 5) is 10.8. The van der Waals surface area contributed by atoms with E-state index < -0.39 is 27.8 Å². The summed E-state index contributed by atoms with van der Waals surface area (Å²) < 4.78 is 30.5. The monoisotopic (exact) mass is 279 g/mol. The third-order valence-electron chi connectivity index (χ3n) is 3.19. The van der Waals surface area contributed by atoms with Crippen LogP contribution < -0.4 is 0 Å². The number of aliphatic carboxylic acids is 1. The molecule has 1 N–H and O–H groups in total. The summed E-state index contributed by atoms with van der Waals surface area (Å²) >= 11 is 0. The molecule has 0 saturated heterocycles. The number of rotatable bonds is 7. The largest absolute Gasteiger partial charge is 0.480 e. The highest BCUT2D eigenvalue weighted by atomic mass is 32.2. The van der Waals surface area contributed by atoms with Crippen molar-refractivity contribution in [2.75, 3.05) is 26.8 Å². The molecule has 0 amide bonds. The fourth-order valence-corrected chi connectivity index (χ4v) is 4.18. The molecule has 0 bridgehead atoms. The Kier molecular flexibility index (Phi) is 6.04. The van der Waals surface area contributed by atoms with Gasteiger partial charge >= 0.3 is 5.97 Å². The van der Waals surface area contributed by atoms with E-state index in [1.165, 1.54) is 7.11 Å².